The van der Waals surface area contributed by atoms with Gasteiger partial charge in [0.1, 0.15) is 17.4 Å². The van der Waals surface area contributed by atoms with Gasteiger partial charge in [-0.05, 0) is 71.2 Å². The standard InChI is InChI=1S/C33H26N2O5/c1-16(2)32-25-8-6-4-5-7-9-26(37)33(32,40-32)23-14-24(36)27-28(29(23)35-25)31(39)22-12-18-10-17(3)20(15-34)11-19(18)13-21(22)30(27)38/h4-5,10-14,16,25-26,35-37H,15,34H2,1-3H3/b5-4-/t25-,26+,32-,33-/m0/s1. The van der Waals surface area contributed by atoms with E-state index in [1.54, 1.807) is 24.3 Å². The highest BCUT2D eigenvalue weighted by molar-refractivity contribution is 6.32. The van der Waals surface area contributed by atoms with Gasteiger partial charge in [-0.15, -0.1) is 0 Å². The van der Waals surface area contributed by atoms with Crippen LogP contribution in [0.2, 0.25) is 0 Å². The predicted molar refractivity (Wildman–Crippen MR) is 150 cm³/mol. The van der Waals surface area contributed by atoms with Gasteiger partial charge in [0.05, 0.1) is 16.8 Å². The Balaban J connectivity index is 1.50. The monoisotopic (exact) mass is 530 g/mol. The maximum Gasteiger partial charge on any atom is 0.198 e. The first-order valence-electron chi connectivity index (χ1n) is 13.2. The number of nitrogens with two attached hydrogens (primary N) is 1. The van der Waals surface area contributed by atoms with Crippen LogP contribution in [0.25, 0.3) is 10.8 Å². The number of phenols is 1. The lowest BCUT2D eigenvalue weighted by Crippen LogP contribution is -2.52. The van der Waals surface area contributed by atoms with E-state index in [1.807, 2.05) is 32.9 Å². The molecule has 1 saturated heterocycles. The molecule has 0 radical (unpaired) electrons. The summed E-state index contributed by atoms with van der Waals surface area (Å²) >= 11 is 0. The van der Waals surface area contributed by atoms with E-state index in [0.717, 1.165) is 21.9 Å². The van der Waals surface area contributed by atoms with Crippen LogP contribution in [0.4, 0.5) is 5.69 Å². The van der Waals surface area contributed by atoms with E-state index in [4.69, 9.17) is 10.5 Å². The van der Waals surface area contributed by atoms with Crippen molar-refractivity contribution in [2.45, 2.75) is 50.7 Å². The minimum absolute atomic E-state index is 0.0499. The summed E-state index contributed by atoms with van der Waals surface area (Å²) in [4.78, 5) is 28.2. The third kappa shape index (κ3) is 2.87. The number of aliphatic hydroxyl groups is 1. The fourth-order valence-corrected chi connectivity index (χ4v) is 6.86. The highest BCUT2D eigenvalue weighted by Gasteiger charge is 2.81. The number of hydrogen-bond donors (Lipinski definition) is 4. The molecule has 0 unspecified atom stereocenters. The van der Waals surface area contributed by atoms with Gasteiger partial charge in [0.25, 0.3) is 0 Å². The third-order valence-electron chi connectivity index (χ3n) is 8.83. The van der Waals surface area contributed by atoms with Crippen molar-refractivity contribution < 1.29 is 24.5 Å². The zero-order valence-electron chi connectivity index (χ0n) is 22.2. The van der Waals surface area contributed by atoms with Crippen molar-refractivity contribution in [3.63, 3.8) is 0 Å². The number of fused-ring (bicyclic) bond motifs is 5. The predicted octanol–water partition coefficient (Wildman–Crippen LogP) is 3.44. The Hall–Kier alpha value is -4.40. The third-order valence-corrected chi connectivity index (χ3v) is 8.83. The second kappa shape index (κ2) is 8.06. The number of aliphatic hydroxyl groups excluding tert-OH is 1. The zero-order valence-corrected chi connectivity index (χ0v) is 22.2. The van der Waals surface area contributed by atoms with Crippen molar-refractivity contribution in [1.29, 1.82) is 0 Å². The number of hydrogen-bond acceptors (Lipinski definition) is 7. The zero-order chi connectivity index (χ0) is 28.1. The summed E-state index contributed by atoms with van der Waals surface area (Å²) in [5.41, 5.74) is 6.66. The molecule has 7 nitrogen and oxygen atoms in total. The Bertz CT molecular complexity index is 1880. The van der Waals surface area contributed by atoms with Gasteiger partial charge < -0.3 is 26.0 Å². The molecule has 0 spiro atoms. The smallest absolute Gasteiger partial charge is 0.198 e. The number of epoxide rings is 1. The van der Waals surface area contributed by atoms with Crippen LogP contribution in [0.1, 0.15) is 62.4 Å². The largest absolute Gasteiger partial charge is 0.507 e. The van der Waals surface area contributed by atoms with Gasteiger partial charge in [0.2, 0.25) is 0 Å². The van der Waals surface area contributed by atoms with Gasteiger partial charge >= 0.3 is 0 Å². The number of benzene rings is 3. The Morgan fingerprint density at radius 3 is 2.33 bits per heavy atom. The molecule has 7 rings (SSSR count). The number of aryl methyl sites for hydroxylation is 1. The van der Waals surface area contributed by atoms with E-state index in [9.17, 15) is 19.8 Å². The highest BCUT2D eigenvalue weighted by atomic mass is 16.6. The van der Waals surface area contributed by atoms with Crippen molar-refractivity contribution in [3.05, 3.63) is 81.4 Å². The molecular formula is C33H26N2O5. The molecule has 2 aliphatic heterocycles. The lowest BCUT2D eigenvalue weighted by molar-refractivity contribution is 0.0975. The van der Waals surface area contributed by atoms with E-state index in [-0.39, 0.29) is 33.9 Å². The Morgan fingerprint density at radius 2 is 1.65 bits per heavy atom. The number of carbonyl (C=O) groups is 2. The summed E-state index contributed by atoms with van der Waals surface area (Å²) in [7, 11) is 0. The van der Waals surface area contributed by atoms with Crippen molar-refractivity contribution in [1.82, 2.24) is 0 Å². The minimum Gasteiger partial charge on any atom is -0.507 e. The topological polar surface area (TPSA) is 125 Å². The van der Waals surface area contributed by atoms with Crippen molar-refractivity contribution in [3.8, 4) is 29.4 Å². The van der Waals surface area contributed by atoms with Gasteiger partial charge in [-0.1, -0.05) is 43.6 Å². The van der Waals surface area contributed by atoms with Gasteiger partial charge in [0.15, 0.2) is 23.3 Å². The fourth-order valence-electron chi connectivity index (χ4n) is 6.86. The molecule has 3 aromatic rings. The van der Waals surface area contributed by atoms with Crippen LogP contribution in [0, 0.1) is 36.5 Å². The molecule has 0 saturated carbocycles. The average molecular weight is 531 g/mol. The number of rotatable bonds is 2. The maximum absolute atomic E-state index is 14.2. The molecule has 3 aromatic carbocycles. The number of aromatic hydroxyl groups is 1. The first-order chi connectivity index (χ1) is 19.2. The normalized spacial score (nSPS) is 27.6. The van der Waals surface area contributed by atoms with Crippen LogP contribution in [0.3, 0.4) is 0 Å². The molecule has 4 aliphatic rings. The summed E-state index contributed by atoms with van der Waals surface area (Å²) in [5.74, 6) is 10.5. The van der Waals surface area contributed by atoms with E-state index in [2.05, 4.69) is 29.0 Å². The average Bonchev–Trinajstić information content (AvgIpc) is 3.66. The molecule has 7 heteroatoms. The molecule has 2 aliphatic carbocycles. The first-order valence-corrected chi connectivity index (χ1v) is 13.2. The van der Waals surface area contributed by atoms with E-state index in [1.165, 1.54) is 6.07 Å². The van der Waals surface area contributed by atoms with Crippen LogP contribution in [-0.4, -0.2) is 39.5 Å². The molecule has 5 N–H and O–H groups in total. The Labute approximate surface area is 231 Å². The van der Waals surface area contributed by atoms with E-state index in [0.29, 0.717) is 17.8 Å². The molecule has 198 valence electrons. The van der Waals surface area contributed by atoms with Gasteiger partial charge in [-0.25, -0.2) is 0 Å². The number of carbonyl (C=O) groups excluding carboxylic acids is 2. The van der Waals surface area contributed by atoms with Crippen molar-refractivity contribution >= 4 is 28.0 Å². The number of anilines is 1. The molecule has 2 heterocycles. The molecule has 0 amide bonds. The second-order valence-electron chi connectivity index (χ2n) is 11.1. The van der Waals surface area contributed by atoms with Gasteiger partial charge in [-0.3, -0.25) is 9.59 Å². The number of allylic oxidation sites excluding steroid dienone is 2. The summed E-state index contributed by atoms with van der Waals surface area (Å²) in [5, 5.41) is 27.7. The number of nitrogens with one attached hydrogen (secondary N) is 1. The van der Waals surface area contributed by atoms with Gasteiger partial charge in [0, 0.05) is 23.2 Å². The van der Waals surface area contributed by atoms with Crippen molar-refractivity contribution in [2.75, 3.05) is 5.32 Å². The number of ether oxygens (including phenoxy) is 1. The number of phenolic OH excluding ortho intramolecular Hbond substituents is 1. The summed E-state index contributed by atoms with van der Waals surface area (Å²) < 4.78 is 6.46. The minimum atomic E-state index is -1.35. The summed E-state index contributed by atoms with van der Waals surface area (Å²) in [6, 6.07) is 8.11. The molecule has 2 bridgehead atoms. The Morgan fingerprint density at radius 1 is 1.00 bits per heavy atom. The van der Waals surface area contributed by atoms with Crippen LogP contribution in [0.5, 0.6) is 5.75 Å². The van der Waals surface area contributed by atoms with Crippen molar-refractivity contribution in [2.24, 2.45) is 11.7 Å². The maximum atomic E-state index is 14.2. The first kappa shape index (κ1) is 24.6. The van der Waals surface area contributed by atoms with Gasteiger partial charge in [-0.2, -0.15) is 0 Å². The van der Waals surface area contributed by atoms with Crippen LogP contribution in [0.15, 0.2) is 42.5 Å². The molecule has 0 aromatic heterocycles. The summed E-state index contributed by atoms with van der Waals surface area (Å²) in [6.07, 6.45) is 1.88. The molecular weight excluding hydrogens is 504 g/mol. The molecule has 4 atom stereocenters. The summed E-state index contributed by atoms with van der Waals surface area (Å²) in [6.45, 7) is 6.25. The van der Waals surface area contributed by atoms with E-state index < -0.39 is 34.9 Å². The lowest BCUT2D eigenvalue weighted by Gasteiger charge is -2.38. The quantitative estimate of drug-likeness (QED) is 0.178. The Kier molecular flexibility index (Phi) is 4.96. The SMILES string of the molecule is Cc1cc2cc3c(cc2cc1CN)C(=O)c1c(O)cc2c(c1C3=O)N[C@H]1C#C/C=C\C#C[C@@H](O)[C@@]23O[C@@]13C(C)C. The molecule has 1 fully saturated rings. The fraction of sp³-hybridized carbons (Fsp3) is 0.273. The molecule has 40 heavy (non-hydrogen) atoms. The second-order valence-corrected chi connectivity index (χ2v) is 11.1. The van der Waals surface area contributed by atoms with Crippen LogP contribution >= 0.6 is 0 Å². The van der Waals surface area contributed by atoms with Crippen LogP contribution in [-0.2, 0) is 16.9 Å². The number of ketones is 2. The highest BCUT2D eigenvalue weighted by Crippen LogP contribution is 2.68. The van der Waals surface area contributed by atoms with Crippen LogP contribution < -0.4 is 11.1 Å². The lowest BCUT2D eigenvalue weighted by atomic mass is 9.67. The van der Waals surface area contributed by atoms with E-state index >= 15 is 0 Å².